The van der Waals surface area contributed by atoms with E-state index in [9.17, 15) is 13.2 Å². The third-order valence-electron chi connectivity index (χ3n) is 4.15. The Morgan fingerprint density at radius 2 is 2.06 bits per heavy atom. The second kappa shape index (κ2) is 9.54. The summed E-state index contributed by atoms with van der Waals surface area (Å²) in [6.07, 6.45) is 3.64. The zero-order valence-corrected chi connectivity index (χ0v) is 19.3. The van der Waals surface area contributed by atoms with Crippen LogP contribution in [0.25, 0.3) is 12.2 Å². The van der Waals surface area contributed by atoms with Crippen LogP contribution in [0.2, 0.25) is 5.02 Å². The molecule has 0 saturated carbocycles. The number of amides is 1. The molecule has 2 N–H and O–H groups in total. The SMILES string of the molecule is CCC(=O)Nc1c(C)noc1C=Cc1ccc(S(=O)(=O)Nc2cc(Cl)ccc2OC)s1. The molecule has 0 aliphatic rings. The summed E-state index contributed by atoms with van der Waals surface area (Å²) >= 11 is 7.04. The number of anilines is 2. The van der Waals surface area contributed by atoms with E-state index in [1.165, 1.54) is 19.2 Å². The quantitative estimate of drug-likeness (QED) is 0.467. The minimum atomic E-state index is -3.84. The predicted molar refractivity (Wildman–Crippen MR) is 122 cm³/mol. The number of ether oxygens (including phenoxy) is 1. The van der Waals surface area contributed by atoms with Gasteiger partial charge in [0, 0.05) is 16.3 Å². The van der Waals surface area contributed by atoms with Gasteiger partial charge >= 0.3 is 0 Å². The number of nitrogens with zero attached hydrogens (tertiary/aromatic N) is 1. The van der Waals surface area contributed by atoms with Crippen LogP contribution < -0.4 is 14.8 Å². The Balaban J connectivity index is 1.81. The van der Waals surface area contributed by atoms with E-state index in [0.717, 1.165) is 11.3 Å². The molecule has 31 heavy (non-hydrogen) atoms. The number of methoxy groups -OCH3 is 1. The van der Waals surface area contributed by atoms with Crippen molar-refractivity contribution in [3.05, 3.63) is 51.7 Å². The molecule has 3 aromatic rings. The van der Waals surface area contributed by atoms with E-state index in [1.807, 2.05) is 0 Å². The third kappa shape index (κ3) is 5.46. The predicted octanol–water partition coefficient (Wildman–Crippen LogP) is 5.03. The number of aromatic nitrogens is 1. The molecule has 0 aliphatic carbocycles. The molecule has 2 heterocycles. The molecule has 8 nitrogen and oxygen atoms in total. The van der Waals surface area contributed by atoms with Crippen LogP contribution in [-0.2, 0) is 14.8 Å². The van der Waals surface area contributed by atoms with Crippen LogP contribution in [0.15, 0.2) is 39.1 Å². The third-order valence-corrected chi connectivity index (χ3v) is 7.29. The Kier molecular flexibility index (Phi) is 7.04. The van der Waals surface area contributed by atoms with Crippen LogP contribution in [0.5, 0.6) is 5.75 Å². The molecule has 2 aromatic heterocycles. The molecule has 0 bridgehead atoms. The number of carbonyl (C=O) groups is 1. The number of benzene rings is 1. The molecule has 0 radical (unpaired) electrons. The maximum absolute atomic E-state index is 12.8. The zero-order chi connectivity index (χ0) is 22.6. The van der Waals surface area contributed by atoms with Crippen molar-refractivity contribution in [3.8, 4) is 5.75 Å². The van der Waals surface area contributed by atoms with Gasteiger partial charge in [0.2, 0.25) is 5.91 Å². The van der Waals surface area contributed by atoms with Gasteiger partial charge in [-0.15, -0.1) is 11.3 Å². The molecule has 0 spiro atoms. The van der Waals surface area contributed by atoms with E-state index in [0.29, 0.717) is 39.2 Å². The van der Waals surface area contributed by atoms with E-state index in [-0.39, 0.29) is 15.8 Å². The first-order chi connectivity index (χ1) is 14.7. The van der Waals surface area contributed by atoms with Gasteiger partial charge in [0.1, 0.15) is 21.3 Å². The molecule has 1 amide bonds. The fourth-order valence-corrected chi connectivity index (χ4v) is 5.02. The summed E-state index contributed by atoms with van der Waals surface area (Å²) < 4.78 is 38.6. The number of aryl methyl sites for hydroxylation is 1. The zero-order valence-electron chi connectivity index (χ0n) is 16.9. The fraction of sp³-hybridized carbons (Fsp3) is 0.200. The van der Waals surface area contributed by atoms with Crippen LogP contribution in [0.1, 0.15) is 29.7 Å². The highest BCUT2D eigenvalue weighted by Crippen LogP contribution is 2.32. The van der Waals surface area contributed by atoms with Crippen molar-refractivity contribution in [2.45, 2.75) is 24.5 Å². The summed E-state index contributed by atoms with van der Waals surface area (Å²) in [5.74, 6) is 0.568. The number of nitrogens with one attached hydrogen (secondary N) is 2. The standard InChI is InChI=1S/C20H20ClN3O5S2/c1-4-18(25)22-20-12(2)23-29-17(20)9-6-14-7-10-19(30-14)31(26,27)24-15-11-13(21)5-8-16(15)28-3/h5-11,24H,4H2,1-3H3,(H,22,25). The van der Waals surface area contributed by atoms with Crippen LogP contribution in [0, 0.1) is 6.92 Å². The first-order valence-electron chi connectivity index (χ1n) is 9.14. The second-order valence-electron chi connectivity index (χ2n) is 6.35. The average Bonchev–Trinajstić information content (AvgIpc) is 3.34. The van der Waals surface area contributed by atoms with Gasteiger partial charge in [-0.1, -0.05) is 23.7 Å². The van der Waals surface area contributed by atoms with Gasteiger partial charge in [0.05, 0.1) is 12.8 Å². The first-order valence-corrected chi connectivity index (χ1v) is 11.8. The van der Waals surface area contributed by atoms with E-state index in [2.05, 4.69) is 15.2 Å². The molecular formula is C20H20ClN3O5S2. The maximum Gasteiger partial charge on any atom is 0.271 e. The van der Waals surface area contributed by atoms with Crippen molar-refractivity contribution >= 4 is 62.4 Å². The topological polar surface area (TPSA) is 111 Å². The Morgan fingerprint density at radius 3 is 2.77 bits per heavy atom. The lowest BCUT2D eigenvalue weighted by Crippen LogP contribution is -2.12. The van der Waals surface area contributed by atoms with Crippen molar-refractivity contribution in [2.24, 2.45) is 0 Å². The Hall–Kier alpha value is -2.82. The Labute approximate surface area is 188 Å². The maximum atomic E-state index is 12.8. The van der Waals surface area contributed by atoms with E-state index < -0.39 is 10.0 Å². The number of hydrogen-bond donors (Lipinski definition) is 2. The molecule has 164 valence electrons. The number of rotatable bonds is 8. The van der Waals surface area contributed by atoms with Crippen LogP contribution in [0.3, 0.4) is 0 Å². The molecule has 0 fully saturated rings. The molecule has 0 unspecified atom stereocenters. The minimum Gasteiger partial charge on any atom is -0.495 e. The summed E-state index contributed by atoms with van der Waals surface area (Å²) in [5.41, 5.74) is 1.28. The lowest BCUT2D eigenvalue weighted by molar-refractivity contribution is -0.115. The Morgan fingerprint density at radius 1 is 1.29 bits per heavy atom. The van der Waals surface area contributed by atoms with Gasteiger partial charge in [0.15, 0.2) is 5.76 Å². The lowest BCUT2D eigenvalue weighted by atomic mass is 10.2. The highest BCUT2D eigenvalue weighted by Gasteiger charge is 2.19. The number of halogens is 1. The highest BCUT2D eigenvalue weighted by molar-refractivity contribution is 7.94. The van der Waals surface area contributed by atoms with Crippen molar-refractivity contribution in [3.63, 3.8) is 0 Å². The summed E-state index contributed by atoms with van der Waals surface area (Å²) in [6.45, 7) is 3.46. The monoisotopic (exact) mass is 481 g/mol. The molecule has 0 saturated heterocycles. The fourth-order valence-electron chi connectivity index (χ4n) is 2.56. The molecule has 0 atom stereocenters. The molecule has 1 aromatic carbocycles. The molecule has 3 rings (SSSR count). The molecule has 11 heteroatoms. The minimum absolute atomic E-state index is 0.113. The lowest BCUT2D eigenvalue weighted by Gasteiger charge is -2.11. The van der Waals surface area contributed by atoms with E-state index in [4.69, 9.17) is 20.9 Å². The average molecular weight is 482 g/mol. The van der Waals surface area contributed by atoms with Gasteiger partial charge in [-0.3, -0.25) is 9.52 Å². The summed E-state index contributed by atoms with van der Waals surface area (Å²) in [7, 11) is -2.40. The highest BCUT2D eigenvalue weighted by atomic mass is 35.5. The van der Waals surface area contributed by atoms with E-state index in [1.54, 1.807) is 44.2 Å². The van der Waals surface area contributed by atoms with Crippen molar-refractivity contribution in [2.75, 3.05) is 17.1 Å². The molecular weight excluding hydrogens is 462 g/mol. The smallest absolute Gasteiger partial charge is 0.271 e. The number of carbonyl (C=O) groups excluding carboxylic acids is 1. The first kappa shape index (κ1) is 22.9. The van der Waals surface area contributed by atoms with Gasteiger partial charge in [0.25, 0.3) is 10.0 Å². The summed E-state index contributed by atoms with van der Waals surface area (Å²) in [4.78, 5) is 12.4. The van der Waals surface area contributed by atoms with Gasteiger partial charge in [-0.2, -0.15) is 0 Å². The van der Waals surface area contributed by atoms with Crippen molar-refractivity contribution < 1.29 is 22.5 Å². The van der Waals surface area contributed by atoms with E-state index >= 15 is 0 Å². The van der Waals surface area contributed by atoms with Crippen LogP contribution >= 0.6 is 22.9 Å². The number of hydrogen-bond acceptors (Lipinski definition) is 7. The van der Waals surface area contributed by atoms with Crippen LogP contribution in [0.4, 0.5) is 11.4 Å². The molecule has 0 aliphatic heterocycles. The normalized spacial score (nSPS) is 11.6. The number of thiophene rings is 1. The summed E-state index contributed by atoms with van der Waals surface area (Å²) in [5, 5.41) is 6.99. The summed E-state index contributed by atoms with van der Waals surface area (Å²) in [6, 6.07) is 7.82. The largest absolute Gasteiger partial charge is 0.495 e. The Bertz CT molecular complexity index is 1230. The van der Waals surface area contributed by atoms with Crippen LogP contribution in [-0.4, -0.2) is 26.6 Å². The second-order valence-corrected chi connectivity index (χ2v) is 9.81. The van der Waals surface area contributed by atoms with Crippen molar-refractivity contribution in [1.82, 2.24) is 5.16 Å². The van der Waals surface area contributed by atoms with Gasteiger partial charge in [-0.05, 0) is 49.4 Å². The number of sulfonamides is 1. The van der Waals surface area contributed by atoms with Crippen molar-refractivity contribution in [1.29, 1.82) is 0 Å². The van der Waals surface area contributed by atoms with Gasteiger partial charge < -0.3 is 14.6 Å². The van der Waals surface area contributed by atoms with Gasteiger partial charge in [-0.25, -0.2) is 8.42 Å².